The first-order valence-corrected chi connectivity index (χ1v) is 9.97. The molecule has 0 spiro atoms. The Labute approximate surface area is 177 Å². The summed E-state index contributed by atoms with van der Waals surface area (Å²) in [5.74, 6) is -1.10. The second kappa shape index (κ2) is 8.81. The molecule has 0 unspecified atom stereocenters. The summed E-state index contributed by atoms with van der Waals surface area (Å²) in [6.45, 7) is -1.11. The van der Waals surface area contributed by atoms with Crippen molar-refractivity contribution < 1.29 is 31.1 Å². The van der Waals surface area contributed by atoms with E-state index in [1.165, 1.54) is 6.07 Å². The van der Waals surface area contributed by atoms with E-state index in [1.54, 1.807) is 16.7 Å². The van der Waals surface area contributed by atoms with Gasteiger partial charge in [0.25, 0.3) is 0 Å². The van der Waals surface area contributed by atoms with Crippen molar-refractivity contribution in [2.75, 3.05) is 19.3 Å². The number of carbonyl (C=O) groups excluding carboxylic acids is 1. The summed E-state index contributed by atoms with van der Waals surface area (Å²) in [4.78, 5) is 16.9. The highest BCUT2D eigenvalue weighted by molar-refractivity contribution is 7.99. The van der Waals surface area contributed by atoms with Gasteiger partial charge in [0.15, 0.2) is 5.16 Å². The molecule has 0 fully saturated rings. The molecule has 1 heterocycles. The Balaban J connectivity index is 1.91. The van der Waals surface area contributed by atoms with Gasteiger partial charge in [-0.3, -0.25) is 4.79 Å². The number of alkyl halides is 6. The Morgan fingerprint density at radius 3 is 2.35 bits per heavy atom. The number of halogens is 6. The highest BCUT2D eigenvalue weighted by atomic mass is 32.2. The number of benzene rings is 2. The average molecular weight is 461 g/mol. The number of hydrogen-bond donors (Lipinski definition) is 0. The second-order valence-electron chi connectivity index (χ2n) is 6.82. The summed E-state index contributed by atoms with van der Waals surface area (Å²) < 4.78 is 78.3. The van der Waals surface area contributed by atoms with Crippen LogP contribution in [-0.4, -0.2) is 45.9 Å². The summed E-state index contributed by atoms with van der Waals surface area (Å²) in [5.41, 5.74) is 0.505. The Morgan fingerprint density at radius 1 is 1.06 bits per heavy atom. The van der Waals surface area contributed by atoms with E-state index in [0.29, 0.717) is 10.4 Å². The predicted octanol–water partition coefficient (Wildman–Crippen LogP) is 5.22. The zero-order chi connectivity index (χ0) is 22.8. The molecule has 1 amide bonds. The van der Waals surface area contributed by atoms with E-state index >= 15 is 0 Å². The van der Waals surface area contributed by atoms with Crippen molar-refractivity contribution in [1.29, 1.82) is 0 Å². The molecule has 0 aliphatic carbocycles. The lowest BCUT2D eigenvalue weighted by molar-refractivity contribution is -0.156. The van der Waals surface area contributed by atoms with Crippen LogP contribution in [0.15, 0.2) is 53.7 Å². The molecule has 0 radical (unpaired) electrons. The molecule has 0 aliphatic rings. The maximum atomic E-state index is 13.1. The van der Waals surface area contributed by atoms with Crippen molar-refractivity contribution in [3.05, 3.63) is 59.7 Å². The fraction of sp³-hybridized carbons (Fsp3) is 0.300. The molecule has 0 bridgehead atoms. The molecule has 0 saturated heterocycles. The van der Waals surface area contributed by atoms with Gasteiger partial charge in [0.2, 0.25) is 5.91 Å². The SMILES string of the molecule is CN(CC(F)(F)F)C(=O)CSc1nc2cc(C(F)(F)F)ccc2n1Cc1ccccc1. The van der Waals surface area contributed by atoms with Crippen LogP contribution in [0.2, 0.25) is 0 Å². The van der Waals surface area contributed by atoms with Crippen molar-refractivity contribution in [2.24, 2.45) is 0 Å². The molecule has 3 rings (SSSR count). The van der Waals surface area contributed by atoms with E-state index in [1.807, 2.05) is 18.2 Å². The molecular formula is C20H17F6N3OS. The molecule has 4 nitrogen and oxygen atoms in total. The van der Waals surface area contributed by atoms with Gasteiger partial charge in [-0.05, 0) is 23.8 Å². The fourth-order valence-corrected chi connectivity index (χ4v) is 3.86. The third kappa shape index (κ3) is 5.93. The van der Waals surface area contributed by atoms with Gasteiger partial charge in [0.05, 0.1) is 28.9 Å². The summed E-state index contributed by atoms with van der Waals surface area (Å²) in [7, 11) is 1.04. The van der Waals surface area contributed by atoms with Crippen molar-refractivity contribution in [3.8, 4) is 0 Å². The highest BCUT2D eigenvalue weighted by Gasteiger charge is 2.32. The Bertz CT molecular complexity index is 1060. The molecule has 1 aromatic heterocycles. The van der Waals surface area contributed by atoms with Crippen LogP contribution in [0.25, 0.3) is 11.0 Å². The lowest BCUT2D eigenvalue weighted by atomic mass is 10.2. The van der Waals surface area contributed by atoms with Gasteiger partial charge in [0, 0.05) is 7.05 Å². The van der Waals surface area contributed by atoms with Gasteiger partial charge in [-0.15, -0.1) is 0 Å². The summed E-state index contributed by atoms with van der Waals surface area (Å²) in [5, 5.41) is 0.243. The summed E-state index contributed by atoms with van der Waals surface area (Å²) in [6.07, 6.45) is -9.06. The zero-order valence-corrected chi connectivity index (χ0v) is 17.0. The maximum absolute atomic E-state index is 13.1. The number of fused-ring (bicyclic) bond motifs is 1. The largest absolute Gasteiger partial charge is 0.416 e. The molecule has 0 N–H and O–H groups in total. The molecular weight excluding hydrogens is 444 g/mol. The van der Waals surface area contributed by atoms with Crippen LogP contribution < -0.4 is 0 Å². The number of nitrogens with zero attached hydrogens (tertiary/aromatic N) is 3. The third-order valence-electron chi connectivity index (χ3n) is 4.39. The number of rotatable bonds is 6. The van der Waals surface area contributed by atoms with E-state index in [2.05, 4.69) is 4.98 Å². The van der Waals surface area contributed by atoms with Crippen LogP contribution in [-0.2, 0) is 17.5 Å². The lowest BCUT2D eigenvalue weighted by Crippen LogP contribution is -2.36. The van der Waals surface area contributed by atoms with E-state index in [-0.39, 0.29) is 23.0 Å². The van der Waals surface area contributed by atoms with Gasteiger partial charge in [-0.2, -0.15) is 26.3 Å². The van der Waals surface area contributed by atoms with Gasteiger partial charge in [0.1, 0.15) is 6.54 Å². The lowest BCUT2D eigenvalue weighted by Gasteiger charge is -2.18. The smallest absolute Gasteiger partial charge is 0.336 e. The minimum Gasteiger partial charge on any atom is -0.336 e. The summed E-state index contributed by atoms with van der Waals surface area (Å²) in [6, 6.07) is 12.2. The number of hydrogen-bond acceptors (Lipinski definition) is 3. The second-order valence-corrected chi connectivity index (χ2v) is 7.76. The maximum Gasteiger partial charge on any atom is 0.416 e. The van der Waals surface area contributed by atoms with E-state index in [4.69, 9.17) is 0 Å². The minimum atomic E-state index is -4.54. The molecule has 11 heteroatoms. The average Bonchev–Trinajstić information content (AvgIpc) is 3.01. The minimum absolute atomic E-state index is 0.0874. The van der Waals surface area contributed by atoms with Crippen LogP contribution >= 0.6 is 11.8 Å². The van der Waals surface area contributed by atoms with E-state index < -0.39 is 30.4 Å². The summed E-state index contributed by atoms with van der Waals surface area (Å²) >= 11 is 0.880. The van der Waals surface area contributed by atoms with E-state index in [9.17, 15) is 31.1 Å². The third-order valence-corrected chi connectivity index (χ3v) is 5.35. The normalized spacial score (nSPS) is 12.4. The molecule has 3 aromatic rings. The van der Waals surface area contributed by atoms with Crippen LogP contribution in [0.3, 0.4) is 0 Å². The van der Waals surface area contributed by atoms with Crippen molar-refractivity contribution >= 4 is 28.7 Å². The molecule has 0 atom stereocenters. The molecule has 0 aliphatic heterocycles. The van der Waals surface area contributed by atoms with Crippen LogP contribution in [0.4, 0.5) is 26.3 Å². The van der Waals surface area contributed by atoms with Gasteiger partial charge in [-0.25, -0.2) is 4.98 Å². The van der Waals surface area contributed by atoms with Crippen LogP contribution in [0.5, 0.6) is 0 Å². The standard InChI is InChI=1S/C20H17F6N3OS/c1-28(12-19(21,22)23)17(30)11-31-18-27-15-9-14(20(24,25)26)7-8-16(15)29(18)10-13-5-3-2-4-6-13/h2-9H,10-12H2,1H3. The molecule has 31 heavy (non-hydrogen) atoms. The van der Waals surface area contributed by atoms with E-state index in [0.717, 1.165) is 36.5 Å². The zero-order valence-electron chi connectivity index (χ0n) is 16.2. The first-order valence-electron chi connectivity index (χ1n) is 8.99. The van der Waals surface area contributed by atoms with Gasteiger partial charge < -0.3 is 9.47 Å². The highest BCUT2D eigenvalue weighted by Crippen LogP contribution is 2.33. The van der Waals surface area contributed by atoms with Crippen molar-refractivity contribution in [2.45, 2.75) is 24.1 Å². The first-order chi connectivity index (χ1) is 14.4. The fourth-order valence-electron chi connectivity index (χ4n) is 2.91. The van der Waals surface area contributed by atoms with Gasteiger partial charge >= 0.3 is 12.4 Å². The molecule has 2 aromatic carbocycles. The number of imidazole rings is 1. The van der Waals surface area contributed by atoms with Gasteiger partial charge in [-0.1, -0.05) is 42.1 Å². The number of carbonyl (C=O) groups is 1. The monoisotopic (exact) mass is 461 g/mol. The van der Waals surface area contributed by atoms with Crippen molar-refractivity contribution in [3.63, 3.8) is 0 Å². The van der Waals surface area contributed by atoms with Crippen LogP contribution in [0, 0.1) is 0 Å². The first kappa shape index (κ1) is 23.0. The molecule has 166 valence electrons. The quantitative estimate of drug-likeness (QED) is 0.373. The Hall–Kier alpha value is -2.69. The number of aromatic nitrogens is 2. The number of thioether (sulfide) groups is 1. The topological polar surface area (TPSA) is 38.1 Å². The Kier molecular flexibility index (Phi) is 6.54. The predicted molar refractivity (Wildman–Crippen MR) is 105 cm³/mol. The van der Waals surface area contributed by atoms with Crippen LogP contribution in [0.1, 0.15) is 11.1 Å². The Morgan fingerprint density at radius 2 is 1.74 bits per heavy atom. The number of amides is 1. The van der Waals surface area contributed by atoms with Crippen molar-refractivity contribution in [1.82, 2.24) is 14.5 Å². The molecule has 0 saturated carbocycles.